The molecule has 0 saturated carbocycles. The molecule has 1 aromatic rings. The van der Waals surface area contributed by atoms with Crippen LogP contribution in [0.1, 0.15) is 0 Å². The fourth-order valence-electron chi connectivity index (χ4n) is 0.516. The van der Waals surface area contributed by atoms with E-state index in [1.54, 1.807) is 24.3 Å². The minimum atomic E-state index is 0.194. The van der Waals surface area contributed by atoms with Crippen LogP contribution in [-0.2, 0) is 0 Å². The maximum Gasteiger partial charge on any atom is 0.0967 e. The van der Waals surface area contributed by atoms with Crippen LogP contribution in [0.5, 0.6) is 0 Å². The molecule has 1 rings (SSSR count). The molecule has 0 spiro atoms. The van der Waals surface area contributed by atoms with E-state index in [0.717, 1.165) is 0 Å². The second-order valence-electron chi connectivity index (χ2n) is 1.69. The second-order valence-corrected chi connectivity index (χ2v) is 2.93. The topological polar surface area (TPSA) is 36.2 Å². The number of halogens is 3. The molecule has 0 bridgehead atoms. The van der Waals surface area contributed by atoms with Gasteiger partial charge in [0.2, 0.25) is 0 Å². The summed E-state index contributed by atoms with van der Waals surface area (Å²) in [6.45, 7) is 0. The summed E-state index contributed by atoms with van der Waals surface area (Å²) in [4.78, 5) is 0. The summed E-state index contributed by atoms with van der Waals surface area (Å²) in [6, 6.07) is 6.79. The zero-order chi connectivity index (χ0) is 9.40. The summed E-state index contributed by atoms with van der Waals surface area (Å²) < 4.78 is 0. The third-order valence-electron chi connectivity index (χ3n) is 0.956. The largest absolute Gasteiger partial charge is 0.204 e. The molecule has 0 fully saturated rings. The van der Waals surface area contributed by atoms with E-state index in [1.165, 1.54) is 0 Å². The number of alkyl halides is 2. The monoisotopic (exact) mass is 224 g/mol. The van der Waals surface area contributed by atoms with Gasteiger partial charge in [0.15, 0.2) is 0 Å². The first kappa shape index (κ1) is 11.7. The lowest BCUT2D eigenvalue weighted by Gasteiger charge is -1.87. The van der Waals surface area contributed by atoms with Crippen molar-refractivity contribution in [1.29, 1.82) is 5.53 Å². The van der Waals surface area contributed by atoms with Crippen molar-refractivity contribution in [2.45, 2.75) is 0 Å². The predicted molar refractivity (Wildman–Crippen MR) is 52.8 cm³/mol. The first-order valence-corrected chi connectivity index (χ1v) is 4.44. The summed E-state index contributed by atoms with van der Waals surface area (Å²) in [5, 5.41) is 4.07. The Labute approximate surface area is 85.9 Å². The third-order valence-corrected chi connectivity index (χ3v) is 1.21. The Bertz CT molecular complexity index is 223. The van der Waals surface area contributed by atoms with Gasteiger partial charge < -0.3 is 0 Å². The molecular formula is C7H7Cl3N2. The van der Waals surface area contributed by atoms with E-state index in [9.17, 15) is 0 Å². The molecule has 5 heteroatoms. The molecule has 0 heterocycles. The normalized spacial score (nSPS) is 8.25. The second kappa shape index (κ2) is 7.35. The highest BCUT2D eigenvalue weighted by atomic mass is 35.5. The number of nitrogens with one attached hydrogen (secondary N) is 1. The number of rotatable bonds is 1. The van der Waals surface area contributed by atoms with Crippen LogP contribution >= 0.6 is 34.8 Å². The van der Waals surface area contributed by atoms with E-state index in [1.807, 2.05) is 0 Å². The minimum absolute atomic E-state index is 0.194. The van der Waals surface area contributed by atoms with E-state index in [4.69, 9.17) is 40.3 Å². The quantitative estimate of drug-likeness (QED) is 0.542. The van der Waals surface area contributed by atoms with Crippen molar-refractivity contribution >= 4 is 40.5 Å². The Kier molecular flexibility index (Phi) is 7.16. The van der Waals surface area contributed by atoms with E-state index < -0.39 is 0 Å². The van der Waals surface area contributed by atoms with E-state index >= 15 is 0 Å². The Hall–Kier alpha value is -0.310. The SMILES string of the molecule is ClCCl.N=Nc1ccc(Cl)cc1. The number of nitrogens with zero attached hydrogens (tertiary/aromatic N) is 1. The molecule has 66 valence electrons. The van der Waals surface area contributed by atoms with Gasteiger partial charge in [0.05, 0.1) is 11.0 Å². The molecule has 1 aromatic carbocycles. The van der Waals surface area contributed by atoms with E-state index in [-0.39, 0.29) is 5.34 Å². The minimum Gasteiger partial charge on any atom is -0.204 e. The van der Waals surface area contributed by atoms with Gasteiger partial charge in [0, 0.05) is 5.02 Å². The summed E-state index contributed by atoms with van der Waals surface area (Å²) in [5.74, 6) is 0. The zero-order valence-electron chi connectivity index (χ0n) is 6.10. The molecule has 0 unspecified atom stereocenters. The Balaban J connectivity index is 0.000000354. The van der Waals surface area contributed by atoms with Gasteiger partial charge in [-0.3, -0.25) is 0 Å². The van der Waals surface area contributed by atoms with Gasteiger partial charge in [-0.25, -0.2) is 5.53 Å². The van der Waals surface area contributed by atoms with Crippen molar-refractivity contribution in [3.05, 3.63) is 29.3 Å². The fourth-order valence-corrected chi connectivity index (χ4v) is 0.642. The average molecular weight is 226 g/mol. The first-order valence-electron chi connectivity index (χ1n) is 2.99. The van der Waals surface area contributed by atoms with Gasteiger partial charge in [0.1, 0.15) is 0 Å². The standard InChI is InChI=1S/C6H5ClN2.CH2Cl2/c7-5-1-3-6(9-8)4-2-5;2-1-3/h1-4,8H;1H2. The molecular weight excluding hydrogens is 218 g/mol. The molecule has 0 radical (unpaired) electrons. The van der Waals surface area contributed by atoms with Crippen LogP contribution in [0.2, 0.25) is 5.02 Å². The molecule has 1 N–H and O–H groups in total. The van der Waals surface area contributed by atoms with E-state index in [2.05, 4.69) is 5.11 Å². The molecule has 0 aliphatic carbocycles. The van der Waals surface area contributed by atoms with Crippen LogP contribution in [0.4, 0.5) is 5.69 Å². The Morgan fingerprint density at radius 2 is 1.58 bits per heavy atom. The fraction of sp³-hybridized carbons (Fsp3) is 0.143. The van der Waals surface area contributed by atoms with Gasteiger partial charge >= 0.3 is 0 Å². The van der Waals surface area contributed by atoms with Crippen molar-refractivity contribution < 1.29 is 0 Å². The smallest absolute Gasteiger partial charge is 0.0967 e. The van der Waals surface area contributed by atoms with Crippen molar-refractivity contribution in [1.82, 2.24) is 0 Å². The van der Waals surface area contributed by atoms with Crippen molar-refractivity contribution in [3.8, 4) is 0 Å². The van der Waals surface area contributed by atoms with Crippen LogP contribution in [0.15, 0.2) is 29.4 Å². The van der Waals surface area contributed by atoms with Crippen molar-refractivity contribution in [3.63, 3.8) is 0 Å². The van der Waals surface area contributed by atoms with Crippen LogP contribution in [-0.4, -0.2) is 5.34 Å². The highest BCUT2D eigenvalue weighted by molar-refractivity contribution is 6.40. The van der Waals surface area contributed by atoms with Gasteiger partial charge in [-0.15, -0.1) is 23.2 Å². The molecule has 0 aliphatic heterocycles. The lowest BCUT2D eigenvalue weighted by atomic mass is 10.3. The van der Waals surface area contributed by atoms with Crippen molar-refractivity contribution in [2.75, 3.05) is 5.34 Å². The van der Waals surface area contributed by atoms with Crippen LogP contribution in [0.25, 0.3) is 0 Å². The molecule has 12 heavy (non-hydrogen) atoms. The van der Waals surface area contributed by atoms with Gasteiger partial charge in [-0.1, -0.05) is 11.6 Å². The highest BCUT2D eigenvalue weighted by Gasteiger charge is 1.86. The lowest BCUT2D eigenvalue weighted by molar-refractivity contribution is 1.15. The maximum absolute atomic E-state index is 6.60. The van der Waals surface area contributed by atoms with Crippen LogP contribution < -0.4 is 0 Å². The average Bonchev–Trinajstić information content (AvgIpc) is 2.07. The summed E-state index contributed by atoms with van der Waals surface area (Å²) in [6.07, 6.45) is 0. The summed E-state index contributed by atoms with van der Waals surface area (Å²) >= 11 is 15.1. The van der Waals surface area contributed by atoms with Crippen LogP contribution in [0.3, 0.4) is 0 Å². The van der Waals surface area contributed by atoms with Gasteiger partial charge in [-0.2, -0.15) is 5.11 Å². The molecule has 0 atom stereocenters. The number of benzene rings is 1. The molecule has 0 saturated heterocycles. The third kappa shape index (κ3) is 5.35. The first-order chi connectivity index (χ1) is 5.74. The predicted octanol–water partition coefficient (Wildman–Crippen LogP) is 4.42. The Morgan fingerprint density at radius 1 is 1.17 bits per heavy atom. The molecule has 0 amide bonds. The van der Waals surface area contributed by atoms with Crippen molar-refractivity contribution in [2.24, 2.45) is 5.11 Å². The Morgan fingerprint density at radius 3 is 1.92 bits per heavy atom. The van der Waals surface area contributed by atoms with E-state index in [0.29, 0.717) is 10.7 Å². The maximum atomic E-state index is 6.60. The van der Waals surface area contributed by atoms with Gasteiger partial charge in [-0.05, 0) is 24.3 Å². The van der Waals surface area contributed by atoms with Gasteiger partial charge in [0.25, 0.3) is 0 Å². The molecule has 0 aromatic heterocycles. The number of hydrogen-bond acceptors (Lipinski definition) is 2. The highest BCUT2D eigenvalue weighted by Crippen LogP contribution is 2.14. The summed E-state index contributed by atoms with van der Waals surface area (Å²) in [7, 11) is 0. The summed E-state index contributed by atoms with van der Waals surface area (Å²) in [5.41, 5.74) is 7.22. The lowest BCUT2D eigenvalue weighted by Crippen LogP contribution is -1.60. The molecule has 2 nitrogen and oxygen atoms in total. The van der Waals surface area contributed by atoms with Crippen LogP contribution in [0, 0.1) is 5.53 Å². The number of hydrogen-bond donors (Lipinski definition) is 1. The zero-order valence-corrected chi connectivity index (χ0v) is 8.37. The molecule has 0 aliphatic rings.